The van der Waals surface area contributed by atoms with Crippen LogP contribution in [-0.2, 0) is 6.42 Å². The highest BCUT2D eigenvalue weighted by atomic mass is 35.5. The summed E-state index contributed by atoms with van der Waals surface area (Å²) in [6.07, 6.45) is 1.77. The molecule has 0 saturated heterocycles. The zero-order chi connectivity index (χ0) is 18.2. The van der Waals surface area contributed by atoms with Crippen LogP contribution in [0.5, 0.6) is 0 Å². The highest BCUT2D eigenvalue weighted by Gasteiger charge is 2.10. The van der Waals surface area contributed by atoms with Gasteiger partial charge in [0.1, 0.15) is 5.69 Å². The van der Waals surface area contributed by atoms with Crippen molar-refractivity contribution in [3.05, 3.63) is 52.3 Å². The van der Waals surface area contributed by atoms with E-state index in [1.54, 1.807) is 6.07 Å². The summed E-state index contributed by atoms with van der Waals surface area (Å²) >= 11 is 5.87. The summed E-state index contributed by atoms with van der Waals surface area (Å²) in [5.41, 5.74) is 2.28. The first kappa shape index (κ1) is 19.2. The molecule has 0 saturated carbocycles. The Morgan fingerprint density at radius 3 is 2.56 bits per heavy atom. The van der Waals surface area contributed by atoms with Gasteiger partial charge in [0.25, 0.3) is 5.91 Å². The second-order valence-electron chi connectivity index (χ2n) is 6.46. The predicted molar refractivity (Wildman–Crippen MR) is 102 cm³/mol. The second-order valence-corrected chi connectivity index (χ2v) is 6.90. The molecule has 0 atom stereocenters. The topological polar surface area (TPSA) is 66.9 Å². The Morgan fingerprint density at radius 2 is 1.88 bits per heavy atom. The molecule has 0 aliphatic carbocycles. The Bertz CT molecular complexity index is 701. The minimum Gasteiger partial charge on any atom is -0.354 e. The van der Waals surface area contributed by atoms with Gasteiger partial charge in [-0.2, -0.15) is 0 Å². The SMILES string of the molecule is Cc1cc(C(=O)NCCc2ccc(Cl)cc2)nc(NCCC(C)C)n1. The normalized spacial score (nSPS) is 10.8. The summed E-state index contributed by atoms with van der Waals surface area (Å²) in [5, 5.41) is 6.80. The number of nitrogens with zero attached hydrogens (tertiary/aromatic N) is 2. The summed E-state index contributed by atoms with van der Waals surface area (Å²) < 4.78 is 0. The summed E-state index contributed by atoms with van der Waals surface area (Å²) in [4.78, 5) is 21.0. The molecule has 6 heteroatoms. The van der Waals surface area contributed by atoms with E-state index in [0.717, 1.165) is 30.6 Å². The smallest absolute Gasteiger partial charge is 0.270 e. The van der Waals surface area contributed by atoms with Gasteiger partial charge >= 0.3 is 0 Å². The molecule has 1 aromatic carbocycles. The van der Waals surface area contributed by atoms with Crippen LogP contribution in [0.15, 0.2) is 30.3 Å². The molecular weight excluding hydrogens is 336 g/mol. The average molecular weight is 361 g/mol. The highest BCUT2D eigenvalue weighted by Crippen LogP contribution is 2.10. The van der Waals surface area contributed by atoms with Crippen molar-refractivity contribution in [1.29, 1.82) is 0 Å². The average Bonchev–Trinajstić information content (AvgIpc) is 2.55. The van der Waals surface area contributed by atoms with Gasteiger partial charge in [0.2, 0.25) is 5.95 Å². The lowest BCUT2D eigenvalue weighted by atomic mass is 10.1. The molecule has 1 aromatic heterocycles. The number of aryl methyl sites for hydroxylation is 1. The highest BCUT2D eigenvalue weighted by molar-refractivity contribution is 6.30. The number of amides is 1. The minimum atomic E-state index is -0.189. The molecule has 0 radical (unpaired) electrons. The number of aromatic nitrogens is 2. The standard InChI is InChI=1S/C19H25ClN4O/c1-13(2)8-10-22-19-23-14(3)12-17(24-19)18(25)21-11-9-15-4-6-16(20)7-5-15/h4-7,12-13H,8-11H2,1-3H3,(H,21,25)(H,22,23,24). The maximum Gasteiger partial charge on any atom is 0.270 e. The maximum atomic E-state index is 12.3. The fourth-order valence-electron chi connectivity index (χ4n) is 2.30. The monoisotopic (exact) mass is 360 g/mol. The quantitative estimate of drug-likeness (QED) is 0.749. The molecule has 0 aliphatic heterocycles. The largest absolute Gasteiger partial charge is 0.354 e. The molecule has 2 rings (SSSR count). The number of carbonyl (C=O) groups excluding carboxylic acids is 1. The number of benzene rings is 1. The Morgan fingerprint density at radius 1 is 1.16 bits per heavy atom. The number of hydrogen-bond donors (Lipinski definition) is 2. The minimum absolute atomic E-state index is 0.189. The molecule has 0 fully saturated rings. The molecule has 1 amide bonds. The number of nitrogens with one attached hydrogen (secondary N) is 2. The van der Waals surface area contributed by atoms with Gasteiger partial charge in [0, 0.05) is 23.8 Å². The first-order valence-electron chi connectivity index (χ1n) is 8.56. The van der Waals surface area contributed by atoms with Gasteiger partial charge in [-0.25, -0.2) is 9.97 Å². The number of carbonyl (C=O) groups is 1. The Labute approximate surface area is 154 Å². The van der Waals surface area contributed by atoms with Gasteiger partial charge in [-0.15, -0.1) is 0 Å². The lowest BCUT2D eigenvalue weighted by molar-refractivity contribution is 0.0949. The molecule has 5 nitrogen and oxygen atoms in total. The molecule has 0 aliphatic rings. The molecule has 2 N–H and O–H groups in total. The molecule has 2 aromatic rings. The Hall–Kier alpha value is -2.14. The molecule has 25 heavy (non-hydrogen) atoms. The van der Waals surface area contributed by atoms with E-state index in [1.807, 2.05) is 31.2 Å². The number of anilines is 1. The summed E-state index contributed by atoms with van der Waals surface area (Å²) in [7, 11) is 0. The van der Waals surface area contributed by atoms with E-state index in [4.69, 9.17) is 11.6 Å². The van der Waals surface area contributed by atoms with E-state index < -0.39 is 0 Å². The van der Waals surface area contributed by atoms with Crippen LogP contribution < -0.4 is 10.6 Å². The first-order valence-corrected chi connectivity index (χ1v) is 8.94. The van der Waals surface area contributed by atoms with Crippen LogP contribution in [0.2, 0.25) is 5.02 Å². The van der Waals surface area contributed by atoms with Crippen LogP contribution in [0.25, 0.3) is 0 Å². The van der Waals surface area contributed by atoms with E-state index in [9.17, 15) is 4.79 Å². The molecular formula is C19H25ClN4O. The first-order chi connectivity index (χ1) is 11.9. The fraction of sp³-hybridized carbons (Fsp3) is 0.421. The van der Waals surface area contributed by atoms with E-state index in [-0.39, 0.29) is 5.91 Å². The third-order valence-corrected chi connectivity index (χ3v) is 3.96. The van der Waals surface area contributed by atoms with E-state index in [2.05, 4.69) is 34.4 Å². The van der Waals surface area contributed by atoms with Crippen molar-refractivity contribution >= 4 is 23.5 Å². The van der Waals surface area contributed by atoms with Gasteiger partial charge in [-0.1, -0.05) is 37.6 Å². The molecule has 0 spiro atoms. The van der Waals surface area contributed by atoms with Crippen LogP contribution in [-0.4, -0.2) is 29.0 Å². The van der Waals surface area contributed by atoms with Crippen LogP contribution in [0.4, 0.5) is 5.95 Å². The fourth-order valence-corrected chi connectivity index (χ4v) is 2.42. The Kier molecular flexibility index (Phi) is 7.19. The van der Waals surface area contributed by atoms with Gasteiger partial charge < -0.3 is 10.6 Å². The van der Waals surface area contributed by atoms with Gasteiger partial charge in [0.15, 0.2) is 0 Å². The van der Waals surface area contributed by atoms with E-state index in [1.165, 1.54) is 0 Å². The summed E-state index contributed by atoms with van der Waals surface area (Å²) in [5.74, 6) is 0.919. The van der Waals surface area contributed by atoms with Crippen LogP contribution in [0.1, 0.15) is 42.0 Å². The van der Waals surface area contributed by atoms with E-state index >= 15 is 0 Å². The molecule has 0 unspecified atom stereocenters. The van der Waals surface area contributed by atoms with Crippen molar-refractivity contribution in [3.8, 4) is 0 Å². The number of rotatable bonds is 8. The lowest BCUT2D eigenvalue weighted by Gasteiger charge is -2.10. The summed E-state index contributed by atoms with van der Waals surface area (Å²) in [6.45, 7) is 7.52. The summed E-state index contributed by atoms with van der Waals surface area (Å²) in [6, 6.07) is 9.31. The second kappa shape index (κ2) is 9.37. The van der Waals surface area contributed by atoms with Gasteiger partial charge in [-0.05, 0) is 49.4 Å². The maximum absolute atomic E-state index is 12.3. The van der Waals surface area contributed by atoms with Crippen LogP contribution >= 0.6 is 11.6 Å². The van der Waals surface area contributed by atoms with Crippen molar-refractivity contribution in [2.45, 2.75) is 33.6 Å². The molecule has 1 heterocycles. The van der Waals surface area contributed by atoms with Crippen molar-refractivity contribution < 1.29 is 4.79 Å². The van der Waals surface area contributed by atoms with Gasteiger partial charge in [0.05, 0.1) is 0 Å². The van der Waals surface area contributed by atoms with Crippen molar-refractivity contribution in [3.63, 3.8) is 0 Å². The molecule has 0 bridgehead atoms. The van der Waals surface area contributed by atoms with Crippen LogP contribution in [0, 0.1) is 12.8 Å². The van der Waals surface area contributed by atoms with Crippen molar-refractivity contribution in [1.82, 2.24) is 15.3 Å². The third-order valence-electron chi connectivity index (χ3n) is 3.70. The number of halogens is 1. The van der Waals surface area contributed by atoms with Crippen molar-refractivity contribution in [2.24, 2.45) is 5.92 Å². The zero-order valence-corrected chi connectivity index (χ0v) is 15.7. The van der Waals surface area contributed by atoms with Gasteiger partial charge in [-0.3, -0.25) is 4.79 Å². The zero-order valence-electron chi connectivity index (χ0n) is 15.0. The third kappa shape index (κ3) is 6.70. The Balaban J connectivity index is 1.89. The molecule has 134 valence electrons. The lowest BCUT2D eigenvalue weighted by Crippen LogP contribution is -2.27. The number of hydrogen-bond acceptors (Lipinski definition) is 4. The van der Waals surface area contributed by atoms with Crippen molar-refractivity contribution in [2.75, 3.05) is 18.4 Å². The van der Waals surface area contributed by atoms with E-state index in [0.29, 0.717) is 29.1 Å². The van der Waals surface area contributed by atoms with Crippen LogP contribution in [0.3, 0.4) is 0 Å². The predicted octanol–water partition coefficient (Wildman–Crippen LogP) is 3.87.